The van der Waals surface area contributed by atoms with Gasteiger partial charge in [0, 0.05) is 16.5 Å². The second kappa shape index (κ2) is 5.30. The standard InChI is InChI=1S/C12H15BrO/c1-3-4-5-12(14)10-8-9(2)6-7-11(10)13/h6-8H,3-5H2,1-2H3. The van der Waals surface area contributed by atoms with Crippen LogP contribution in [-0.2, 0) is 0 Å². The maximum atomic E-state index is 11.7. The second-order valence-electron chi connectivity index (χ2n) is 3.51. The number of hydrogen-bond donors (Lipinski definition) is 0. The van der Waals surface area contributed by atoms with Crippen LogP contribution in [-0.4, -0.2) is 5.78 Å². The van der Waals surface area contributed by atoms with Crippen LogP contribution in [0.4, 0.5) is 0 Å². The third-order valence-electron chi connectivity index (χ3n) is 2.18. The Morgan fingerprint density at radius 1 is 1.43 bits per heavy atom. The molecule has 76 valence electrons. The lowest BCUT2D eigenvalue weighted by Crippen LogP contribution is -2.00. The molecule has 0 aliphatic heterocycles. The number of unbranched alkanes of at least 4 members (excludes halogenated alkanes) is 1. The summed E-state index contributed by atoms with van der Waals surface area (Å²) < 4.78 is 0.907. The van der Waals surface area contributed by atoms with Crippen molar-refractivity contribution in [1.29, 1.82) is 0 Å². The highest BCUT2D eigenvalue weighted by molar-refractivity contribution is 9.10. The van der Waals surface area contributed by atoms with Crippen LogP contribution in [0, 0.1) is 6.92 Å². The van der Waals surface area contributed by atoms with Crippen molar-refractivity contribution in [3.05, 3.63) is 33.8 Å². The molecule has 0 spiro atoms. The lowest BCUT2D eigenvalue weighted by Gasteiger charge is -2.04. The molecule has 1 aromatic carbocycles. The fourth-order valence-corrected chi connectivity index (χ4v) is 1.79. The fraction of sp³-hybridized carbons (Fsp3) is 0.417. The van der Waals surface area contributed by atoms with Gasteiger partial charge in [-0.1, -0.05) is 40.9 Å². The predicted molar refractivity (Wildman–Crippen MR) is 62.7 cm³/mol. The van der Waals surface area contributed by atoms with E-state index in [9.17, 15) is 4.79 Å². The minimum atomic E-state index is 0.238. The van der Waals surface area contributed by atoms with Gasteiger partial charge in [0.2, 0.25) is 0 Å². The lowest BCUT2D eigenvalue weighted by molar-refractivity contribution is 0.0979. The van der Waals surface area contributed by atoms with Crippen LogP contribution in [0.5, 0.6) is 0 Å². The molecular formula is C12H15BrO. The Labute approximate surface area is 93.7 Å². The minimum absolute atomic E-state index is 0.238. The van der Waals surface area contributed by atoms with Crippen molar-refractivity contribution >= 4 is 21.7 Å². The van der Waals surface area contributed by atoms with Crippen LogP contribution in [0.1, 0.15) is 42.1 Å². The number of aryl methyl sites for hydroxylation is 1. The number of carbonyl (C=O) groups is 1. The summed E-state index contributed by atoms with van der Waals surface area (Å²) in [6.07, 6.45) is 2.69. The molecule has 1 aromatic rings. The van der Waals surface area contributed by atoms with Crippen molar-refractivity contribution in [1.82, 2.24) is 0 Å². The highest BCUT2D eigenvalue weighted by Gasteiger charge is 2.08. The number of hydrogen-bond acceptors (Lipinski definition) is 1. The summed E-state index contributed by atoms with van der Waals surface area (Å²) in [5.41, 5.74) is 1.95. The summed E-state index contributed by atoms with van der Waals surface area (Å²) >= 11 is 3.40. The van der Waals surface area contributed by atoms with Crippen LogP contribution in [0.25, 0.3) is 0 Å². The molecule has 0 amide bonds. The number of halogens is 1. The van der Waals surface area contributed by atoms with Gasteiger partial charge >= 0.3 is 0 Å². The quantitative estimate of drug-likeness (QED) is 0.739. The lowest BCUT2D eigenvalue weighted by atomic mass is 10.0. The van der Waals surface area contributed by atoms with Crippen molar-refractivity contribution in [2.75, 3.05) is 0 Å². The Hall–Kier alpha value is -0.630. The fourth-order valence-electron chi connectivity index (χ4n) is 1.32. The molecule has 0 atom stereocenters. The van der Waals surface area contributed by atoms with E-state index in [1.807, 2.05) is 25.1 Å². The van der Waals surface area contributed by atoms with Crippen LogP contribution in [0.15, 0.2) is 22.7 Å². The maximum Gasteiger partial charge on any atom is 0.164 e. The van der Waals surface area contributed by atoms with Crippen molar-refractivity contribution < 1.29 is 4.79 Å². The molecule has 0 saturated heterocycles. The zero-order chi connectivity index (χ0) is 10.6. The minimum Gasteiger partial charge on any atom is -0.294 e. The summed E-state index contributed by atoms with van der Waals surface area (Å²) in [6.45, 7) is 4.10. The van der Waals surface area contributed by atoms with Gasteiger partial charge in [-0.2, -0.15) is 0 Å². The van der Waals surface area contributed by atoms with Gasteiger partial charge in [-0.3, -0.25) is 4.79 Å². The molecule has 0 aromatic heterocycles. The molecule has 0 bridgehead atoms. The van der Waals surface area contributed by atoms with Crippen molar-refractivity contribution in [2.45, 2.75) is 33.1 Å². The number of benzene rings is 1. The van der Waals surface area contributed by atoms with Crippen LogP contribution >= 0.6 is 15.9 Å². The monoisotopic (exact) mass is 254 g/mol. The zero-order valence-corrected chi connectivity index (χ0v) is 10.2. The summed E-state index contributed by atoms with van der Waals surface area (Å²) in [5.74, 6) is 0.238. The topological polar surface area (TPSA) is 17.1 Å². The van der Waals surface area contributed by atoms with Gasteiger partial charge < -0.3 is 0 Å². The molecule has 1 nitrogen and oxygen atoms in total. The third kappa shape index (κ3) is 2.95. The SMILES string of the molecule is CCCCC(=O)c1cc(C)ccc1Br. The first-order chi connectivity index (χ1) is 6.65. The van der Waals surface area contributed by atoms with E-state index >= 15 is 0 Å². The highest BCUT2D eigenvalue weighted by Crippen LogP contribution is 2.20. The summed E-state index contributed by atoms with van der Waals surface area (Å²) in [5, 5.41) is 0. The Kier molecular flexibility index (Phi) is 4.33. The van der Waals surface area contributed by atoms with E-state index < -0.39 is 0 Å². The van der Waals surface area contributed by atoms with Crippen molar-refractivity contribution in [2.24, 2.45) is 0 Å². The van der Waals surface area contributed by atoms with Gasteiger partial charge in [-0.15, -0.1) is 0 Å². The molecule has 0 fully saturated rings. The highest BCUT2D eigenvalue weighted by atomic mass is 79.9. The number of ketones is 1. The van der Waals surface area contributed by atoms with Gasteiger partial charge in [0.25, 0.3) is 0 Å². The summed E-state index contributed by atoms with van der Waals surface area (Å²) in [4.78, 5) is 11.7. The van der Waals surface area contributed by atoms with Crippen molar-refractivity contribution in [3.8, 4) is 0 Å². The molecule has 0 aliphatic rings. The molecular weight excluding hydrogens is 240 g/mol. The maximum absolute atomic E-state index is 11.7. The van der Waals surface area contributed by atoms with E-state index in [1.165, 1.54) is 0 Å². The van der Waals surface area contributed by atoms with Crippen LogP contribution in [0.2, 0.25) is 0 Å². The van der Waals surface area contributed by atoms with Crippen molar-refractivity contribution in [3.63, 3.8) is 0 Å². The predicted octanol–water partition coefficient (Wildman–Crippen LogP) is 4.13. The van der Waals surface area contributed by atoms with Gasteiger partial charge in [0.15, 0.2) is 5.78 Å². The van der Waals surface area contributed by atoms with E-state index in [4.69, 9.17) is 0 Å². The number of carbonyl (C=O) groups excluding carboxylic acids is 1. The van der Waals surface area contributed by atoms with Gasteiger partial charge in [0.05, 0.1) is 0 Å². The molecule has 2 heteroatoms. The third-order valence-corrected chi connectivity index (χ3v) is 2.87. The largest absolute Gasteiger partial charge is 0.294 e. The average Bonchev–Trinajstić information content (AvgIpc) is 2.18. The molecule has 0 heterocycles. The van der Waals surface area contributed by atoms with E-state index in [2.05, 4.69) is 22.9 Å². The summed E-state index contributed by atoms with van der Waals surface area (Å²) in [6, 6.07) is 5.89. The average molecular weight is 255 g/mol. The Morgan fingerprint density at radius 2 is 2.14 bits per heavy atom. The molecule has 0 N–H and O–H groups in total. The molecule has 0 unspecified atom stereocenters. The van der Waals surface area contributed by atoms with Gasteiger partial charge in [0.1, 0.15) is 0 Å². The van der Waals surface area contributed by atoms with Gasteiger partial charge in [-0.25, -0.2) is 0 Å². The molecule has 1 rings (SSSR count). The molecule has 0 saturated carbocycles. The first-order valence-electron chi connectivity index (χ1n) is 4.94. The molecule has 0 aliphatic carbocycles. The van der Waals surface area contributed by atoms with Gasteiger partial charge in [-0.05, 0) is 25.5 Å². The number of rotatable bonds is 4. The Balaban J connectivity index is 2.83. The van der Waals surface area contributed by atoms with E-state index in [0.29, 0.717) is 6.42 Å². The Bertz CT molecular complexity index is 331. The molecule has 0 radical (unpaired) electrons. The summed E-state index contributed by atoms with van der Waals surface area (Å²) in [7, 11) is 0. The molecule has 14 heavy (non-hydrogen) atoms. The van der Waals surface area contributed by atoms with E-state index in [-0.39, 0.29) is 5.78 Å². The normalized spacial score (nSPS) is 10.2. The smallest absolute Gasteiger partial charge is 0.164 e. The first kappa shape index (κ1) is 11.4. The first-order valence-corrected chi connectivity index (χ1v) is 5.73. The van der Waals surface area contributed by atoms with Crippen LogP contribution < -0.4 is 0 Å². The van der Waals surface area contributed by atoms with E-state index in [0.717, 1.165) is 28.4 Å². The van der Waals surface area contributed by atoms with E-state index in [1.54, 1.807) is 0 Å². The zero-order valence-electron chi connectivity index (χ0n) is 8.64. The van der Waals surface area contributed by atoms with Crippen LogP contribution in [0.3, 0.4) is 0 Å². The second-order valence-corrected chi connectivity index (χ2v) is 4.36. The number of Topliss-reactive ketones (excluding diaryl/α,β-unsaturated/α-hetero) is 1. The Morgan fingerprint density at radius 3 is 2.79 bits per heavy atom.